The minimum atomic E-state index is 0. The summed E-state index contributed by atoms with van der Waals surface area (Å²) < 4.78 is 0. The van der Waals surface area contributed by atoms with Gasteiger partial charge in [0.15, 0.2) is 0 Å². The predicted octanol–water partition coefficient (Wildman–Crippen LogP) is 4.68. The Bertz CT molecular complexity index is 269. The molecule has 0 heterocycles. The first-order valence-electron chi connectivity index (χ1n) is 6.61. The van der Waals surface area contributed by atoms with E-state index in [0.717, 1.165) is 6.42 Å². The molecule has 1 nitrogen and oxygen atoms in total. The first-order chi connectivity index (χ1) is 7.83. The monoisotopic (exact) mass is 284 g/mol. The fourth-order valence-corrected chi connectivity index (χ4v) is 1.95. The summed E-state index contributed by atoms with van der Waals surface area (Å²) >= 11 is 0. The van der Waals surface area contributed by atoms with Crippen molar-refractivity contribution in [2.45, 2.75) is 58.3 Å². The quantitative estimate of drug-likeness (QED) is 0.543. The van der Waals surface area contributed by atoms with Gasteiger partial charge in [0.2, 0.25) is 0 Å². The van der Waals surface area contributed by atoms with Gasteiger partial charge in [-0.3, -0.25) is 0 Å². The van der Waals surface area contributed by atoms with Gasteiger partial charge in [-0.1, -0.05) is 57.6 Å². The first kappa shape index (κ1) is 16.6. The van der Waals surface area contributed by atoms with Gasteiger partial charge >= 0.3 is 0 Å². The topological polar surface area (TPSA) is 20.2 Å². The van der Waals surface area contributed by atoms with Gasteiger partial charge in [-0.2, -0.15) is 0 Å². The molecule has 0 fully saturated rings. The van der Waals surface area contributed by atoms with Crippen molar-refractivity contribution >= 4 is 0 Å². The molecular formula is C15H24OZn. The Hall–Kier alpha value is -0.357. The van der Waals surface area contributed by atoms with Gasteiger partial charge in [-0.15, -0.1) is 0 Å². The van der Waals surface area contributed by atoms with Crippen molar-refractivity contribution < 1.29 is 24.6 Å². The van der Waals surface area contributed by atoms with Gasteiger partial charge < -0.3 is 5.11 Å². The maximum atomic E-state index is 9.15. The third kappa shape index (κ3) is 8.38. The molecule has 0 aliphatic rings. The molecule has 0 radical (unpaired) electrons. The summed E-state index contributed by atoms with van der Waals surface area (Å²) in [6.45, 7) is 2.25. The number of hydrogen-bond acceptors (Lipinski definition) is 1. The molecule has 1 aromatic carbocycles. The molecule has 0 aromatic heterocycles. The summed E-state index contributed by atoms with van der Waals surface area (Å²) in [4.78, 5) is 0. The van der Waals surface area contributed by atoms with E-state index in [9.17, 15) is 0 Å². The smallest absolute Gasteiger partial charge is 0.115 e. The molecule has 2 heteroatoms. The molecular weight excluding hydrogens is 262 g/mol. The average Bonchev–Trinajstić information content (AvgIpc) is 2.30. The van der Waals surface area contributed by atoms with Crippen LogP contribution in [0.1, 0.15) is 57.4 Å². The Morgan fingerprint density at radius 2 is 1.35 bits per heavy atom. The summed E-state index contributed by atoms with van der Waals surface area (Å²) in [6, 6.07) is 7.59. The van der Waals surface area contributed by atoms with E-state index < -0.39 is 0 Å². The van der Waals surface area contributed by atoms with E-state index in [4.69, 9.17) is 5.11 Å². The number of rotatable bonds is 8. The molecule has 0 amide bonds. The van der Waals surface area contributed by atoms with Crippen LogP contribution in [-0.2, 0) is 25.9 Å². The van der Waals surface area contributed by atoms with Gasteiger partial charge in [0.25, 0.3) is 0 Å². The molecule has 92 valence electrons. The number of phenolic OH excluding ortho intramolecular Hbond substituents is 1. The van der Waals surface area contributed by atoms with Crippen molar-refractivity contribution in [3.8, 4) is 5.75 Å². The average molecular weight is 286 g/mol. The zero-order chi connectivity index (χ0) is 11.6. The normalized spacial score (nSPS) is 9.94. The third-order valence-electron chi connectivity index (χ3n) is 3.01. The molecule has 0 unspecified atom stereocenters. The fourth-order valence-electron chi connectivity index (χ4n) is 1.95. The van der Waals surface area contributed by atoms with Crippen LogP contribution in [0.15, 0.2) is 24.3 Å². The van der Waals surface area contributed by atoms with E-state index in [1.165, 1.54) is 50.5 Å². The Morgan fingerprint density at radius 3 is 1.94 bits per heavy atom. The van der Waals surface area contributed by atoms with E-state index >= 15 is 0 Å². The van der Waals surface area contributed by atoms with Gasteiger partial charge in [0, 0.05) is 19.5 Å². The summed E-state index contributed by atoms with van der Waals surface area (Å²) in [5, 5.41) is 9.15. The Labute approximate surface area is 118 Å². The van der Waals surface area contributed by atoms with Crippen molar-refractivity contribution in [3.63, 3.8) is 0 Å². The van der Waals surface area contributed by atoms with Crippen LogP contribution in [0.4, 0.5) is 0 Å². The largest absolute Gasteiger partial charge is 0.508 e. The van der Waals surface area contributed by atoms with E-state index in [2.05, 4.69) is 6.92 Å². The maximum Gasteiger partial charge on any atom is 0.115 e. The summed E-state index contributed by atoms with van der Waals surface area (Å²) in [6.07, 6.45) is 10.6. The summed E-state index contributed by atoms with van der Waals surface area (Å²) in [5.74, 6) is 0.364. The van der Waals surface area contributed by atoms with Crippen LogP contribution in [0, 0.1) is 0 Å². The van der Waals surface area contributed by atoms with Crippen molar-refractivity contribution in [2.75, 3.05) is 0 Å². The molecule has 1 rings (SSSR count). The standard InChI is InChI=1S/C15H24O.Zn/c1-2-3-4-5-6-7-8-9-14-10-12-15(16)13-11-14;/h10-13,16H,2-9H2,1H3;. The number of benzene rings is 1. The number of phenols is 1. The fraction of sp³-hybridized carbons (Fsp3) is 0.600. The van der Waals surface area contributed by atoms with Crippen LogP contribution >= 0.6 is 0 Å². The zero-order valence-electron chi connectivity index (χ0n) is 11.1. The molecule has 17 heavy (non-hydrogen) atoms. The van der Waals surface area contributed by atoms with Crippen LogP contribution < -0.4 is 0 Å². The van der Waals surface area contributed by atoms with Gasteiger partial charge in [-0.05, 0) is 30.5 Å². The predicted molar refractivity (Wildman–Crippen MR) is 69.8 cm³/mol. The minimum absolute atomic E-state index is 0. The van der Waals surface area contributed by atoms with Crippen molar-refractivity contribution in [1.82, 2.24) is 0 Å². The number of hydrogen-bond donors (Lipinski definition) is 1. The molecule has 1 N–H and O–H groups in total. The van der Waals surface area contributed by atoms with Crippen LogP contribution in [-0.4, -0.2) is 5.11 Å². The molecule has 0 saturated heterocycles. The van der Waals surface area contributed by atoms with E-state index in [1.807, 2.05) is 12.1 Å². The van der Waals surface area contributed by atoms with Crippen LogP contribution in [0.5, 0.6) is 5.75 Å². The second kappa shape index (κ2) is 10.8. The Kier molecular flexibility index (Phi) is 10.5. The SMILES string of the molecule is CCCCCCCCCc1ccc(O)cc1.[Zn]. The summed E-state index contributed by atoms with van der Waals surface area (Å²) in [5.41, 5.74) is 1.34. The van der Waals surface area contributed by atoms with Gasteiger partial charge in [0.1, 0.15) is 5.75 Å². The molecule has 0 bridgehead atoms. The molecule has 0 atom stereocenters. The zero-order valence-corrected chi connectivity index (χ0v) is 14.1. The van der Waals surface area contributed by atoms with Crippen LogP contribution in [0.25, 0.3) is 0 Å². The first-order valence-corrected chi connectivity index (χ1v) is 6.61. The van der Waals surface area contributed by atoms with Gasteiger partial charge in [-0.25, -0.2) is 0 Å². The number of aromatic hydroxyl groups is 1. The maximum absolute atomic E-state index is 9.15. The minimum Gasteiger partial charge on any atom is -0.508 e. The van der Waals surface area contributed by atoms with Crippen LogP contribution in [0.2, 0.25) is 0 Å². The number of aryl methyl sites for hydroxylation is 1. The third-order valence-corrected chi connectivity index (χ3v) is 3.01. The van der Waals surface area contributed by atoms with Crippen LogP contribution in [0.3, 0.4) is 0 Å². The molecule has 0 aliphatic carbocycles. The number of unbranched alkanes of at least 4 members (excludes halogenated alkanes) is 6. The molecule has 1 aromatic rings. The second-order valence-electron chi connectivity index (χ2n) is 4.54. The van der Waals surface area contributed by atoms with E-state index in [0.29, 0.717) is 5.75 Å². The van der Waals surface area contributed by atoms with E-state index in [-0.39, 0.29) is 19.5 Å². The van der Waals surface area contributed by atoms with Crippen molar-refractivity contribution in [3.05, 3.63) is 29.8 Å². The Balaban J connectivity index is 0.00000256. The molecule has 0 spiro atoms. The Morgan fingerprint density at radius 1 is 0.824 bits per heavy atom. The van der Waals surface area contributed by atoms with Gasteiger partial charge in [0.05, 0.1) is 0 Å². The van der Waals surface area contributed by atoms with Crippen molar-refractivity contribution in [1.29, 1.82) is 0 Å². The molecule has 0 aliphatic heterocycles. The second-order valence-corrected chi connectivity index (χ2v) is 4.54. The summed E-state index contributed by atoms with van der Waals surface area (Å²) in [7, 11) is 0. The molecule has 0 saturated carbocycles. The van der Waals surface area contributed by atoms with E-state index in [1.54, 1.807) is 12.1 Å². The van der Waals surface area contributed by atoms with Crippen molar-refractivity contribution in [2.24, 2.45) is 0 Å².